The van der Waals surface area contributed by atoms with Crippen LogP contribution in [0.3, 0.4) is 0 Å². The Morgan fingerprint density at radius 2 is 1.74 bits per heavy atom. The van der Waals surface area contributed by atoms with E-state index in [0.717, 1.165) is 25.7 Å². The third kappa shape index (κ3) is 3.62. The van der Waals surface area contributed by atoms with E-state index >= 15 is 0 Å². The van der Waals surface area contributed by atoms with Gasteiger partial charge in [-0.15, -0.1) is 0 Å². The summed E-state index contributed by atoms with van der Waals surface area (Å²) in [4.78, 5) is 0. The molecule has 106 valence electrons. The molecule has 1 fully saturated rings. The first kappa shape index (κ1) is 14.2. The molecule has 4 nitrogen and oxygen atoms in total. The van der Waals surface area contributed by atoms with Crippen molar-refractivity contribution in [1.29, 1.82) is 0 Å². The lowest BCUT2D eigenvalue weighted by molar-refractivity contribution is 0.385. The number of phenols is 1. The fourth-order valence-electron chi connectivity index (χ4n) is 2.59. The largest absolute Gasteiger partial charge is 0.508 e. The van der Waals surface area contributed by atoms with Gasteiger partial charge >= 0.3 is 0 Å². The van der Waals surface area contributed by atoms with E-state index in [1.807, 2.05) is 0 Å². The zero-order valence-corrected chi connectivity index (χ0v) is 12.1. The summed E-state index contributed by atoms with van der Waals surface area (Å²) in [7, 11) is -1.70. The molecule has 0 spiro atoms. The van der Waals surface area contributed by atoms with Gasteiger partial charge in [0.25, 0.3) is 0 Å². The Balaban J connectivity index is 2.07. The fourth-order valence-corrected chi connectivity index (χ4v) is 4.18. The monoisotopic (exact) mass is 283 g/mol. The number of benzene rings is 1. The highest BCUT2D eigenvalue weighted by molar-refractivity contribution is 7.92. The van der Waals surface area contributed by atoms with Crippen LogP contribution in [0.25, 0.3) is 0 Å². The van der Waals surface area contributed by atoms with E-state index < -0.39 is 10.0 Å². The highest BCUT2D eigenvalue weighted by atomic mass is 32.2. The molecule has 0 radical (unpaired) electrons. The van der Waals surface area contributed by atoms with E-state index in [1.54, 1.807) is 19.2 Å². The summed E-state index contributed by atoms with van der Waals surface area (Å²) < 4.78 is 26.0. The lowest BCUT2D eigenvalue weighted by Crippen LogP contribution is -2.32. The van der Waals surface area contributed by atoms with Crippen LogP contribution < -0.4 is 4.31 Å². The van der Waals surface area contributed by atoms with Gasteiger partial charge in [-0.2, -0.15) is 0 Å². The minimum atomic E-state index is -3.27. The highest BCUT2D eigenvalue weighted by Crippen LogP contribution is 2.27. The number of sulfonamides is 1. The smallest absolute Gasteiger partial charge is 0.235 e. The predicted octanol–water partition coefficient (Wildman–Crippen LogP) is 2.74. The van der Waals surface area contributed by atoms with Gasteiger partial charge < -0.3 is 5.11 Å². The van der Waals surface area contributed by atoms with Crippen molar-refractivity contribution in [2.75, 3.05) is 17.1 Å². The first-order valence-electron chi connectivity index (χ1n) is 6.75. The number of rotatable bonds is 4. The van der Waals surface area contributed by atoms with Crippen molar-refractivity contribution < 1.29 is 13.5 Å². The summed E-state index contributed by atoms with van der Waals surface area (Å²) in [5.41, 5.74) is 0.591. The molecule has 5 heteroatoms. The lowest BCUT2D eigenvalue weighted by Gasteiger charge is -2.25. The number of anilines is 1. The topological polar surface area (TPSA) is 57.6 Å². The Bertz CT molecular complexity index is 504. The minimum absolute atomic E-state index is 0.141. The molecule has 0 saturated heterocycles. The molecule has 1 aliphatic rings. The molecule has 0 aliphatic heterocycles. The zero-order chi connectivity index (χ0) is 13.9. The van der Waals surface area contributed by atoms with Crippen molar-refractivity contribution in [1.82, 2.24) is 0 Å². The molecule has 0 aromatic heterocycles. The first-order chi connectivity index (χ1) is 8.99. The Morgan fingerprint density at radius 3 is 2.32 bits per heavy atom. The van der Waals surface area contributed by atoms with Crippen molar-refractivity contribution in [2.24, 2.45) is 5.92 Å². The van der Waals surface area contributed by atoms with Gasteiger partial charge in [0.15, 0.2) is 0 Å². The maximum Gasteiger partial charge on any atom is 0.235 e. The van der Waals surface area contributed by atoms with E-state index in [-0.39, 0.29) is 11.5 Å². The van der Waals surface area contributed by atoms with Crippen LogP contribution in [0.5, 0.6) is 5.75 Å². The summed E-state index contributed by atoms with van der Waals surface area (Å²) in [6.45, 7) is 0. The molecule has 1 aromatic carbocycles. The first-order valence-corrected chi connectivity index (χ1v) is 8.35. The SMILES string of the molecule is CN(c1ccc(O)cc1)S(=O)(=O)CC1CCCCC1. The number of phenolic OH excluding ortho intramolecular Hbond substituents is 1. The molecular weight excluding hydrogens is 262 g/mol. The van der Waals surface area contributed by atoms with Gasteiger partial charge in [-0.05, 0) is 43.0 Å². The molecule has 1 aromatic rings. The summed E-state index contributed by atoms with van der Waals surface area (Å²) >= 11 is 0. The Labute approximate surface area is 115 Å². The second kappa shape index (κ2) is 5.82. The summed E-state index contributed by atoms with van der Waals surface area (Å²) in [6.07, 6.45) is 5.54. The quantitative estimate of drug-likeness (QED) is 0.924. The van der Waals surface area contributed by atoms with Gasteiger partial charge in [0.2, 0.25) is 10.0 Å². The van der Waals surface area contributed by atoms with E-state index in [2.05, 4.69) is 0 Å². The van der Waals surface area contributed by atoms with Crippen LogP contribution in [0.15, 0.2) is 24.3 Å². The zero-order valence-electron chi connectivity index (χ0n) is 11.2. The van der Waals surface area contributed by atoms with Crippen LogP contribution in [0.1, 0.15) is 32.1 Å². The maximum absolute atomic E-state index is 12.3. The van der Waals surface area contributed by atoms with E-state index in [4.69, 9.17) is 0 Å². The van der Waals surface area contributed by atoms with Crippen LogP contribution in [0, 0.1) is 5.92 Å². The van der Waals surface area contributed by atoms with Gasteiger partial charge in [0.05, 0.1) is 11.4 Å². The number of aromatic hydroxyl groups is 1. The Morgan fingerprint density at radius 1 is 1.16 bits per heavy atom. The number of hydrogen-bond acceptors (Lipinski definition) is 3. The van der Waals surface area contributed by atoms with E-state index in [1.165, 1.54) is 22.9 Å². The maximum atomic E-state index is 12.3. The average molecular weight is 283 g/mol. The van der Waals surface area contributed by atoms with Crippen molar-refractivity contribution in [3.8, 4) is 5.75 Å². The van der Waals surface area contributed by atoms with Gasteiger partial charge in [-0.3, -0.25) is 4.31 Å². The Hall–Kier alpha value is -1.23. The predicted molar refractivity (Wildman–Crippen MR) is 76.9 cm³/mol. The molecule has 0 atom stereocenters. The third-order valence-corrected chi connectivity index (χ3v) is 5.74. The molecule has 1 saturated carbocycles. The summed E-state index contributed by atoms with van der Waals surface area (Å²) in [5, 5.41) is 9.23. The number of nitrogens with zero attached hydrogens (tertiary/aromatic N) is 1. The molecule has 19 heavy (non-hydrogen) atoms. The summed E-state index contributed by atoms with van der Waals surface area (Å²) in [6, 6.07) is 6.24. The normalized spacial score (nSPS) is 17.3. The van der Waals surface area contributed by atoms with Crippen molar-refractivity contribution in [3.63, 3.8) is 0 Å². The molecule has 0 amide bonds. The highest BCUT2D eigenvalue weighted by Gasteiger charge is 2.25. The standard InChI is InChI=1S/C14H21NO3S/c1-15(13-7-9-14(16)10-8-13)19(17,18)11-12-5-3-2-4-6-12/h7-10,12,16H,2-6,11H2,1H3. The van der Waals surface area contributed by atoms with Gasteiger partial charge in [0.1, 0.15) is 5.75 Å². The van der Waals surface area contributed by atoms with Gasteiger partial charge in [0, 0.05) is 7.05 Å². The second-order valence-corrected chi connectivity index (χ2v) is 7.31. The minimum Gasteiger partial charge on any atom is -0.508 e. The van der Waals surface area contributed by atoms with Crippen molar-refractivity contribution in [3.05, 3.63) is 24.3 Å². The van der Waals surface area contributed by atoms with Crippen LogP contribution in [-0.4, -0.2) is 26.3 Å². The van der Waals surface area contributed by atoms with Crippen LogP contribution in [-0.2, 0) is 10.0 Å². The Kier molecular flexibility index (Phi) is 4.34. The molecular formula is C14H21NO3S. The molecule has 1 N–H and O–H groups in total. The number of hydrogen-bond donors (Lipinski definition) is 1. The lowest BCUT2D eigenvalue weighted by atomic mass is 9.91. The van der Waals surface area contributed by atoms with Crippen molar-refractivity contribution >= 4 is 15.7 Å². The molecule has 0 heterocycles. The van der Waals surface area contributed by atoms with Gasteiger partial charge in [-0.1, -0.05) is 19.3 Å². The van der Waals surface area contributed by atoms with E-state index in [9.17, 15) is 13.5 Å². The molecule has 1 aliphatic carbocycles. The summed E-state index contributed by atoms with van der Waals surface area (Å²) in [5.74, 6) is 0.657. The third-order valence-electron chi connectivity index (χ3n) is 3.80. The average Bonchev–Trinajstić information content (AvgIpc) is 2.39. The molecule has 0 bridgehead atoms. The second-order valence-electron chi connectivity index (χ2n) is 5.27. The van der Waals surface area contributed by atoms with Crippen molar-refractivity contribution in [2.45, 2.75) is 32.1 Å². The molecule has 2 rings (SSSR count). The molecule has 0 unspecified atom stereocenters. The van der Waals surface area contributed by atoms with E-state index in [0.29, 0.717) is 11.6 Å². The fraction of sp³-hybridized carbons (Fsp3) is 0.571. The van der Waals surface area contributed by atoms with Gasteiger partial charge in [-0.25, -0.2) is 8.42 Å². The van der Waals surface area contributed by atoms with Crippen LogP contribution in [0.4, 0.5) is 5.69 Å². The van der Waals surface area contributed by atoms with Crippen LogP contribution in [0.2, 0.25) is 0 Å². The van der Waals surface area contributed by atoms with Crippen LogP contribution >= 0.6 is 0 Å².